The third-order valence-electron chi connectivity index (χ3n) is 6.24. The Kier molecular flexibility index (Phi) is 18.5. The van der Waals surface area contributed by atoms with E-state index in [1.54, 1.807) is 0 Å². The van der Waals surface area contributed by atoms with E-state index in [4.69, 9.17) is 0 Å². The predicted molar refractivity (Wildman–Crippen MR) is 138 cm³/mol. The van der Waals surface area contributed by atoms with Gasteiger partial charge in [-0.25, -0.2) is 0 Å². The molecule has 30 heavy (non-hydrogen) atoms. The van der Waals surface area contributed by atoms with Crippen LogP contribution < -0.4 is 0 Å². The van der Waals surface area contributed by atoms with Crippen LogP contribution in [0.15, 0.2) is 24.3 Å². The van der Waals surface area contributed by atoms with Gasteiger partial charge in [0.1, 0.15) is 5.75 Å². The lowest BCUT2D eigenvalue weighted by atomic mass is 9.93. The molecule has 0 aromatic heterocycles. The van der Waals surface area contributed by atoms with E-state index < -0.39 is 0 Å². The molecule has 0 saturated carbocycles. The van der Waals surface area contributed by atoms with Gasteiger partial charge in [0.05, 0.1) is 0 Å². The molecule has 2 heteroatoms. The minimum atomic E-state index is 0.494. The number of aromatic hydroxyl groups is 1. The number of benzene rings is 1. The lowest BCUT2D eigenvalue weighted by Gasteiger charge is -2.18. The molecule has 0 aliphatic rings. The minimum Gasteiger partial charge on any atom is -0.508 e. The van der Waals surface area contributed by atoms with Crippen LogP contribution >= 0.6 is 11.8 Å². The van der Waals surface area contributed by atoms with Gasteiger partial charge in [-0.05, 0) is 36.1 Å². The van der Waals surface area contributed by atoms with Gasteiger partial charge in [-0.2, -0.15) is 11.8 Å². The molecule has 1 aromatic carbocycles. The molecule has 0 aliphatic carbocycles. The van der Waals surface area contributed by atoms with E-state index in [-0.39, 0.29) is 0 Å². The van der Waals surface area contributed by atoms with E-state index in [1.165, 1.54) is 120 Å². The topological polar surface area (TPSA) is 20.2 Å². The largest absolute Gasteiger partial charge is 0.508 e. The van der Waals surface area contributed by atoms with Crippen molar-refractivity contribution in [2.45, 2.75) is 129 Å². The van der Waals surface area contributed by atoms with Gasteiger partial charge < -0.3 is 5.11 Å². The van der Waals surface area contributed by atoms with Crippen LogP contribution in [0.1, 0.15) is 134 Å². The monoisotopic (exact) mass is 434 g/mol. The highest BCUT2D eigenvalue weighted by Gasteiger charge is 2.15. The molecule has 1 rings (SSSR count). The highest BCUT2D eigenvalue weighted by Crippen LogP contribution is 2.32. The van der Waals surface area contributed by atoms with Crippen molar-refractivity contribution in [3.05, 3.63) is 29.8 Å². The standard InChI is InChI=1S/C28H50OS/c1-3-5-7-9-11-12-13-14-16-20-24-30-25-26(21-17-15-10-8-6-4-2)27-22-18-19-23-28(27)29/h18-19,22-23,26,29H,3-17,20-21,24-25H2,1-2H3. The molecule has 0 amide bonds. The Labute approximate surface area is 192 Å². The van der Waals surface area contributed by atoms with Crippen molar-refractivity contribution < 1.29 is 5.11 Å². The number of phenols is 1. The quantitative estimate of drug-likeness (QED) is 0.194. The van der Waals surface area contributed by atoms with Gasteiger partial charge in [-0.3, -0.25) is 0 Å². The summed E-state index contributed by atoms with van der Waals surface area (Å²) in [5.74, 6) is 3.43. The number of para-hydroxylation sites is 1. The molecule has 0 spiro atoms. The van der Waals surface area contributed by atoms with Crippen LogP contribution in [0.2, 0.25) is 0 Å². The van der Waals surface area contributed by atoms with Gasteiger partial charge in [0.25, 0.3) is 0 Å². The van der Waals surface area contributed by atoms with E-state index in [0.717, 1.165) is 5.75 Å². The summed E-state index contributed by atoms with van der Waals surface area (Å²) in [5.41, 5.74) is 1.17. The van der Waals surface area contributed by atoms with Crippen molar-refractivity contribution in [1.29, 1.82) is 0 Å². The van der Waals surface area contributed by atoms with E-state index in [1.807, 2.05) is 12.1 Å². The van der Waals surface area contributed by atoms with Gasteiger partial charge >= 0.3 is 0 Å². The smallest absolute Gasteiger partial charge is 0.119 e. The summed E-state index contributed by atoms with van der Waals surface area (Å²) in [6.45, 7) is 4.57. The maximum atomic E-state index is 10.3. The molecule has 0 heterocycles. The zero-order valence-electron chi connectivity index (χ0n) is 20.2. The number of unbranched alkanes of at least 4 members (excludes halogenated alkanes) is 14. The zero-order valence-corrected chi connectivity index (χ0v) is 21.0. The molecule has 1 atom stereocenters. The van der Waals surface area contributed by atoms with Crippen LogP contribution in [0.4, 0.5) is 0 Å². The lowest BCUT2D eigenvalue weighted by Crippen LogP contribution is -2.04. The zero-order chi connectivity index (χ0) is 21.7. The molecule has 0 bridgehead atoms. The molecule has 0 saturated heterocycles. The molecule has 1 unspecified atom stereocenters. The average Bonchev–Trinajstić information content (AvgIpc) is 2.76. The molecule has 0 aliphatic heterocycles. The summed E-state index contributed by atoms with van der Waals surface area (Å²) in [6, 6.07) is 8.02. The third-order valence-corrected chi connectivity index (χ3v) is 7.46. The van der Waals surface area contributed by atoms with Crippen molar-refractivity contribution >= 4 is 11.8 Å². The van der Waals surface area contributed by atoms with E-state index >= 15 is 0 Å². The molecule has 0 radical (unpaired) electrons. The SMILES string of the molecule is CCCCCCCCCCCCSCC(CCCCCCCC)c1ccccc1O. The molecule has 1 nitrogen and oxygen atoms in total. The Bertz CT molecular complexity index is 487. The van der Waals surface area contributed by atoms with Gasteiger partial charge in [-0.15, -0.1) is 0 Å². The second kappa shape index (κ2) is 20.3. The summed E-state index contributed by atoms with van der Waals surface area (Å²) < 4.78 is 0. The molecule has 1 aromatic rings. The molecule has 1 N–H and O–H groups in total. The summed E-state index contributed by atoms with van der Waals surface area (Å²) in [4.78, 5) is 0. The van der Waals surface area contributed by atoms with Gasteiger partial charge in [-0.1, -0.05) is 128 Å². The van der Waals surface area contributed by atoms with Gasteiger partial charge in [0.15, 0.2) is 0 Å². The Morgan fingerprint density at radius 2 is 1.17 bits per heavy atom. The Morgan fingerprint density at radius 3 is 1.73 bits per heavy atom. The van der Waals surface area contributed by atoms with Crippen LogP contribution in [-0.2, 0) is 0 Å². The first-order chi connectivity index (χ1) is 14.8. The minimum absolute atomic E-state index is 0.494. The lowest BCUT2D eigenvalue weighted by molar-refractivity contribution is 0.458. The Balaban J connectivity index is 2.17. The normalized spacial score (nSPS) is 12.3. The first kappa shape index (κ1) is 27.4. The van der Waals surface area contributed by atoms with Gasteiger partial charge in [0.2, 0.25) is 0 Å². The number of thioether (sulfide) groups is 1. The van der Waals surface area contributed by atoms with Crippen LogP contribution in [0.5, 0.6) is 5.75 Å². The number of hydrogen-bond acceptors (Lipinski definition) is 2. The van der Waals surface area contributed by atoms with Crippen molar-refractivity contribution in [3.8, 4) is 5.75 Å². The highest BCUT2D eigenvalue weighted by atomic mass is 32.2. The molecule has 174 valence electrons. The highest BCUT2D eigenvalue weighted by molar-refractivity contribution is 7.99. The average molecular weight is 435 g/mol. The molecular weight excluding hydrogens is 384 g/mol. The number of rotatable bonds is 21. The fourth-order valence-corrected chi connectivity index (χ4v) is 5.46. The van der Waals surface area contributed by atoms with E-state index in [2.05, 4.69) is 37.7 Å². The first-order valence-electron chi connectivity index (χ1n) is 13.1. The second-order valence-electron chi connectivity index (χ2n) is 9.07. The van der Waals surface area contributed by atoms with Crippen molar-refractivity contribution in [3.63, 3.8) is 0 Å². The summed E-state index contributed by atoms with van der Waals surface area (Å²) in [5, 5.41) is 10.3. The van der Waals surface area contributed by atoms with Crippen LogP contribution in [0.25, 0.3) is 0 Å². The van der Waals surface area contributed by atoms with Crippen molar-refractivity contribution in [2.75, 3.05) is 11.5 Å². The maximum Gasteiger partial charge on any atom is 0.119 e. The Hall–Kier alpha value is -0.630. The molecule has 0 fully saturated rings. The van der Waals surface area contributed by atoms with Crippen molar-refractivity contribution in [1.82, 2.24) is 0 Å². The fraction of sp³-hybridized carbons (Fsp3) is 0.786. The fourth-order valence-electron chi connectivity index (χ4n) is 4.25. The Morgan fingerprint density at radius 1 is 0.667 bits per heavy atom. The summed E-state index contributed by atoms with van der Waals surface area (Å²) >= 11 is 2.10. The van der Waals surface area contributed by atoms with Crippen LogP contribution in [-0.4, -0.2) is 16.6 Å². The summed E-state index contributed by atoms with van der Waals surface area (Å²) in [6.07, 6.45) is 23.4. The maximum absolute atomic E-state index is 10.3. The first-order valence-corrected chi connectivity index (χ1v) is 14.3. The van der Waals surface area contributed by atoms with E-state index in [0.29, 0.717) is 11.7 Å². The van der Waals surface area contributed by atoms with Crippen LogP contribution in [0.3, 0.4) is 0 Å². The summed E-state index contributed by atoms with van der Waals surface area (Å²) in [7, 11) is 0. The number of phenolic OH excluding ortho intramolecular Hbond substituents is 1. The number of hydrogen-bond donors (Lipinski definition) is 1. The van der Waals surface area contributed by atoms with E-state index in [9.17, 15) is 5.11 Å². The van der Waals surface area contributed by atoms with Gasteiger partial charge in [0, 0.05) is 5.75 Å². The predicted octanol–water partition coefficient (Wildman–Crippen LogP) is 9.88. The third kappa shape index (κ3) is 14.4. The molecular formula is C28H50OS. The van der Waals surface area contributed by atoms with Crippen LogP contribution in [0, 0.1) is 0 Å². The second-order valence-corrected chi connectivity index (χ2v) is 10.2. The van der Waals surface area contributed by atoms with Crippen molar-refractivity contribution in [2.24, 2.45) is 0 Å².